The Bertz CT molecular complexity index is 1120. The van der Waals surface area contributed by atoms with Gasteiger partial charge in [-0.05, 0) is 77.8 Å². The van der Waals surface area contributed by atoms with E-state index in [0.29, 0.717) is 30.6 Å². The molecule has 6 heteroatoms. The summed E-state index contributed by atoms with van der Waals surface area (Å²) in [4.78, 5) is 12.6. The number of ketones is 1. The Balaban J connectivity index is 1.79. The van der Waals surface area contributed by atoms with Gasteiger partial charge in [0.1, 0.15) is 11.5 Å². The smallest absolute Gasteiger partial charge is 0.168 e. The summed E-state index contributed by atoms with van der Waals surface area (Å²) in [5, 5.41) is 41.3. The third-order valence-electron chi connectivity index (χ3n) is 6.21. The van der Waals surface area contributed by atoms with Gasteiger partial charge in [-0.3, -0.25) is 4.79 Å². The van der Waals surface area contributed by atoms with Crippen molar-refractivity contribution < 1.29 is 30.0 Å². The number of phenols is 2. The van der Waals surface area contributed by atoms with Gasteiger partial charge in [-0.1, -0.05) is 31.2 Å². The molecule has 4 N–H and O–H groups in total. The number of fused-ring (bicyclic) bond motifs is 1. The Hall–Kier alpha value is -3.09. The molecule has 0 aromatic heterocycles. The van der Waals surface area contributed by atoms with Crippen LogP contribution in [-0.4, -0.2) is 46.0 Å². The molecule has 0 heterocycles. The number of aromatic hydroxyl groups is 2. The summed E-state index contributed by atoms with van der Waals surface area (Å²) in [6.45, 7) is 2.15. The summed E-state index contributed by atoms with van der Waals surface area (Å²) in [6, 6.07) is 14.3. The van der Waals surface area contributed by atoms with Crippen molar-refractivity contribution in [3.05, 3.63) is 54.1 Å². The Morgan fingerprint density at radius 3 is 2.53 bits per heavy atom. The summed E-state index contributed by atoms with van der Waals surface area (Å²) in [5.74, 6) is 0.735. The number of carbonyl (C=O) groups is 1. The van der Waals surface area contributed by atoms with Gasteiger partial charge in [0.05, 0.1) is 13.2 Å². The zero-order valence-corrected chi connectivity index (χ0v) is 19.8. The predicted octanol–water partition coefficient (Wildman–Crippen LogP) is 4.98. The lowest BCUT2D eigenvalue weighted by atomic mass is 9.91. The second-order valence-electron chi connectivity index (χ2n) is 9.00. The van der Waals surface area contributed by atoms with Gasteiger partial charge in [0, 0.05) is 25.0 Å². The minimum absolute atomic E-state index is 0.0101. The Morgan fingerprint density at radius 2 is 1.79 bits per heavy atom. The lowest BCUT2D eigenvalue weighted by Gasteiger charge is -2.17. The normalized spacial score (nSPS) is 13.1. The van der Waals surface area contributed by atoms with E-state index in [2.05, 4.69) is 0 Å². The topological polar surface area (TPSA) is 107 Å². The minimum Gasteiger partial charge on any atom is -0.508 e. The van der Waals surface area contributed by atoms with Crippen molar-refractivity contribution in [3.63, 3.8) is 0 Å². The molecule has 0 aliphatic rings. The molecule has 6 nitrogen and oxygen atoms in total. The van der Waals surface area contributed by atoms with E-state index in [1.54, 1.807) is 24.3 Å². The van der Waals surface area contributed by atoms with Gasteiger partial charge >= 0.3 is 0 Å². The molecule has 0 fully saturated rings. The molecule has 0 unspecified atom stereocenters. The molecule has 0 saturated carbocycles. The molecular formula is C28H34O6. The number of carbonyl (C=O) groups excluding carboxylic acids is 1. The van der Waals surface area contributed by atoms with Crippen LogP contribution in [0, 0.1) is 5.92 Å². The van der Waals surface area contributed by atoms with E-state index in [1.165, 1.54) is 7.11 Å². The lowest BCUT2D eigenvalue weighted by molar-refractivity contribution is -0.121. The highest BCUT2D eigenvalue weighted by Crippen LogP contribution is 2.41. The molecule has 0 saturated heterocycles. The van der Waals surface area contributed by atoms with Crippen LogP contribution < -0.4 is 4.74 Å². The van der Waals surface area contributed by atoms with Crippen LogP contribution in [0.1, 0.15) is 44.6 Å². The average Bonchev–Trinajstić information content (AvgIpc) is 2.81. The maximum Gasteiger partial charge on any atom is 0.168 e. The van der Waals surface area contributed by atoms with Crippen LogP contribution in [0.2, 0.25) is 0 Å². The number of aryl methyl sites for hydroxylation is 1. The minimum atomic E-state index is -0.691. The fourth-order valence-electron chi connectivity index (χ4n) is 4.48. The van der Waals surface area contributed by atoms with E-state index in [-0.39, 0.29) is 42.6 Å². The van der Waals surface area contributed by atoms with Crippen molar-refractivity contribution in [2.24, 2.45) is 5.92 Å². The fourth-order valence-corrected chi connectivity index (χ4v) is 4.48. The van der Waals surface area contributed by atoms with Crippen LogP contribution in [0.4, 0.5) is 0 Å². The molecule has 0 aliphatic carbocycles. The van der Waals surface area contributed by atoms with Crippen LogP contribution in [0.25, 0.3) is 21.9 Å². The van der Waals surface area contributed by atoms with E-state index >= 15 is 0 Å². The van der Waals surface area contributed by atoms with Crippen molar-refractivity contribution in [3.8, 4) is 28.4 Å². The number of Topliss-reactive ketones (excluding diaryl/α,β-unsaturated/α-hetero) is 1. The molecule has 3 aromatic rings. The number of aliphatic hydroxyl groups is 2. The summed E-state index contributed by atoms with van der Waals surface area (Å²) >= 11 is 0. The first-order valence-corrected chi connectivity index (χ1v) is 11.7. The van der Waals surface area contributed by atoms with Gasteiger partial charge in [0.2, 0.25) is 0 Å². The number of methoxy groups -OCH3 is 1. The number of hydrogen-bond acceptors (Lipinski definition) is 6. The van der Waals surface area contributed by atoms with Crippen LogP contribution in [-0.2, 0) is 11.2 Å². The van der Waals surface area contributed by atoms with Gasteiger partial charge < -0.3 is 25.2 Å². The first-order chi connectivity index (χ1) is 16.3. The van der Waals surface area contributed by atoms with Gasteiger partial charge in [-0.15, -0.1) is 0 Å². The highest BCUT2D eigenvalue weighted by Gasteiger charge is 2.19. The molecule has 182 valence electrons. The Kier molecular flexibility index (Phi) is 8.91. The molecular weight excluding hydrogens is 432 g/mol. The number of ether oxygens (including phenoxy) is 1. The van der Waals surface area contributed by atoms with Crippen LogP contribution in [0.15, 0.2) is 48.5 Å². The molecule has 0 spiro atoms. The van der Waals surface area contributed by atoms with Crippen LogP contribution in [0.5, 0.6) is 17.2 Å². The van der Waals surface area contributed by atoms with Crippen molar-refractivity contribution in [2.45, 2.75) is 51.6 Å². The maximum atomic E-state index is 12.6. The summed E-state index contributed by atoms with van der Waals surface area (Å²) < 4.78 is 5.51. The highest BCUT2D eigenvalue weighted by atomic mass is 16.5. The first kappa shape index (κ1) is 25.5. The summed E-state index contributed by atoms with van der Waals surface area (Å²) in [6.07, 6.45) is 2.16. The highest BCUT2D eigenvalue weighted by molar-refractivity contribution is 5.90. The fraction of sp³-hybridized carbons (Fsp3) is 0.393. The molecule has 2 atom stereocenters. The van der Waals surface area contributed by atoms with Crippen LogP contribution in [0.3, 0.4) is 0 Å². The number of rotatable bonds is 12. The van der Waals surface area contributed by atoms with E-state index in [0.717, 1.165) is 28.3 Å². The summed E-state index contributed by atoms with van der Waals surface area (Å²) in [5.41, 5.74) is 2.37. The number of aliphatic hydroxyl groups excluding tert-OH is 2. The predicted molar refractivity (Wildman–Crippen MR) is 133 cm³/mol. The van der Waals surface area contributed by atoms with Gasteiger partial charge in [-0.2, -0.15) is 0 Å². The maximum absolute atomic E-state index is 12.6. The number of phenolic OH excluding ortho intramolecular Hbond substituents is 2. The van der Waals surface area contributed by atoms with Gasteiger partial charge in [0.15, 0.2) is 11.5 Å². The second kappa shape index (κ2) is 11.9. The van der Waals surface area contributed by atoms with Crippen molar-refractivity contribution in [2.75, 3.05) is 13.7 Å². The van der Waals surface area contributed by atoms with Gasteiger partial charge in [-0.25, -0.2) is 0 Å². The average molecular weight is 467 g/mol. The Labute approximate surface area is 200 Å². The molecule has 0 radical (unpaired) electrons. The monoisotopic (exact) mass is 466 g/mol. The van der Waals surface area contributed by atoms with E-state index in [4.69, 9.17) is 9.84 Å². The van der Waals surface area contributed by atoms with Gasteiger partial charge in [0.25, 0.3) is 0 Å². The van der Waals surface area contributed by atoms with Crippen LogP contribution >= 0.6 is 0 Å². The SMILES string of the molecule is COc1c(O)ccc(CCC(=O)C[C@H](O)C[C@H](C)CCCO)c1-c1ccc2ccc(O)cc2c1. The molecule has 3 rings (SSSR count). The quantitative estimate of drug-likeness (QED) is 0.300. The zero-order valence-electron chi connectivity index (χ0n) is 19.8. The Morgan fingerprint density at radius 1 is 1.03 bits per heavy atom. The van der Waals surface area contributed by atoms with Crippen molar-refractivity contribution >= 4 is 16.6 Å². The molecule has 0 bridgehead atoms. The molecule has 0 aliphatic heterocycles. The first-order valence-electron chi connectivity index (χ1n) is 11.7. The largest absolute Gasteiger partial charge is 0.508 e. The van der Waals surface area contributed by atoms with Crippen molar-refractivity contribution in [1.82, 2.24) is 0 Å². The van der Waals surface area contributed by atoms with E-state index in [9.17, 15) is 20.1 Å². The van der Waals surface area contributed by atoms with E-state index < -0.39 is 6.10 Å². The lowest BCUT2D eigenvalue weighted by Crippen LogP contribution is -2.17. The van der Waals surface area contributed by atoms with Crippen molar-refractivity contribution in [1.29, 1.82) is 0 Å². The number of hydrogen-bond donors (Lipinski definition) is 4. The third kappa shape index (κ3) is 6.49. The molecule has 34 heavy (non-hydrogen) atoms. The standard InChI is InChI=1S/C28H34O6/c1-18(4-3-13-29)14-25(32)17-24(31)11-8-20-9-12-26(33)28(34-2)27(20)21-6-5-19-7-10-23(30)16-22(19)15-21/h5-7,9-10,12,15-16,18,25,29-30,32-33H,3-4,8,11,13-14,17H2,1-2H3/t18-,25-/m1/s1. The number of benzene rings is 3. The zero-order chi connectivity index (χ0) is 24.7. The van der Waals surface area contributed by atoms with E-state index in [1.807, 2.05) is 31.2 Å². The third-order valence-corrected chi connectivity index (χ3v) is 6.21. The second-order valence-corrected chi connectivity index (χ2v) is 9.00. The molecule has 3 aromatic carbocycles. The molecule has 0 amide bonds. The summed E-state index contributed by atoms with van der Waals surface area (Å²) in [7, 11) is 1.49.